The molecule has 2 aromatic carbocycles. The number of carbonyl (C=O) groups excluding carboxylic acids is 3. The second-order valence-corrected chi connectivity index (χ2v) is 12.3. The van der Waals surface area contributed by atoms with Crippen LogP contribution in [-0.4, -0.2) is 81.1 Å². The number of amides is 4. The summed E-state index contributed by atoms with van der Waals surface area (Å²) in [5.74, 6) is -3.67. The third-order valence-corrected chi connectivity index (χ3v) is 8.17. The number of likely N-dealkylation sites (tertiary alicyclic amines) is 1. The van der Waals surface area contributed by atoms with Crippen LogP contribution in [0.15, 0.2) is 54.7 Å². The average Bonchev–Trinajstić information content (AvgIpc) is 3.22. The molecule has 1 aromatic heterocycles. The minimum absolute atomic E-state index is 0.00383. The van der Waals surface area contributed by atoms with Crippen molar-refractivity contribution in [1.82, 2.24) is 25.8 Å². The third-order valence-electron chi connectivity index (χ3n) is 8.17. The monoisotopic (exact) mass is 633 g/mol. The molecule has 6 N–H and O–H groups in total. The first-order valence-electron chi connectivity index (χ1n) is 15.8. The van der Waals surface area contributed by atoms with Gasteiger partial charge in [-0.15, -0.1) is 0 Å². The molecule has 1 fully saturated rings. The summed E-state index contributed by atoms with van der Waals surface area (Å²) in [4.78, 5) is 69.3. The number of aromatic amines is 1. The highest BCUT2D eigenvalue weighted by atomic mass is 16.4. The van der Waals surface area contributed by atoms with Crippen LogP contribution in [-0.2, 0) is 27.2 Å². The fourth-order valence-corrected chi connectivity index (χ4v) is 5.76. The van der Waals surface area contributed by atoms with E-state index in [0.29, 0.717) is 25.1 Å². The Morgan fingerprint density at radius 2 is 1.48 bits per heavy atom. The number of aromatic nitrogens is 1. The van der Waals surface area contributed by atoms with Gasteiger partial charge in [0.2, 0.25) is 11.8 Å². The molecule has 12 nitrogen and oxygen atoms in total. The number of nitrogens with one attached hydrogen (secondary N) is 4. The number of fused-ring (bicyclic) bond motifs is 1. The summed E-state index contributed by atoms with van der Waals surface area (Å²) < 4.78 is 0. The first-order valence-corrected chi connectivity index (χ1v) is 15.8. The van der Waals surface area contributed by atoms with Gasteiger partial charge in [-0.05, 0) is 54.5 Å². The third kappa shape index (κ3) is 9.32. The second kappa shape index (κ2) is 15.9. The standard InChI is InChI=1S/C34H43N5O7/c1-21(2)16-27(38-34(46)39-14-7-3-4-8-15-39)30(40)36-28(19-24-20-35-26-13-6-5-12-25(24)26)31(41)37-29(33(44)45)18-22-10-9-11-23(17-22)32(42)43/h5-6,9-13,17,20-21,27-29,35H,3-4,7-8,14-16,18-19H2,1-2H3,(H,36,40)(H,37,41)(H,38,46)(H,42,43)(H,44,45)/t27-,28+,29+/m0/s1. The first-order chi connectivity index (χ1) is 22.0. The van der Waals surface area contributed by atoms with E-state index in [2.05, 4.69) is 20.9 Å². The number of para-hydroxylation sites is 1. The zero-order valence-corrected chi connectivity index (χ0v) is 26.3. The molecule has 12 heteroatoms. The van der Waals surface area contributed by atoms with E-state index in [-0.39, 0.29) is 30.4 Å². The van der Waals surface area contributed by atoms with Crippen LogP contribution in [0.1, 0.15) is 67.4 Å². The first kappa shape index (κ1) is 34.0. The molecular weight excluding hydrogens is 590 g/mol. The smallest absolute Gasteiger partial charge is 0.335 e. The van der Waals surface area contributed by atoms with Crippen LogP contribution in [0.25, 0.3) is 10.9 Å². The number of aromatic carboxylic acids is 1. The van der Waals surface area contributed by atoms with Gasteiger partial charge in [0.05, 0.1) is 5.56 Å². The lowest BCUT2D eigenvalue weighted by Crippen LogP contribution is -2.58. The molecule has 4 rings (SSSR count). The number of carboxylic acids is 2. The molecular formula is C34H43N5O7. The highest BCUT2D eigenvalue weighted by Crippen LogP contribution is 2.20. The lowest BCUT2D eigenvalue weighted by molar-refractivity contribution is -0.142. The van der Waals surface area contributed by atoms with Gasteiger partial charge in [0.15, 0.2) is 0 Å². The van der Waals surface area contributed by atoms with E-state index >= 15 is 0 Å². The van der Waals surface area contributed by atoms with Crippen LogP contribution in [0, 0.1) is 5.92 Å². The number of H-pyrrole nitrogens is 1. The maximum Gasteiger partial charge on any atom is 0.335 e. The lowest BCUT2D eigenvalue weighted by atomic mass is 10.00. The van der Waals surface area contributed by atoms with E-state index in [0.717, 1.165) is 42.1 Å². The number of carboxylic acid groups (broad SMARTS) is 2. The fourth-order valence-electron chi connectivity index (χ4n) is 5.76. The Labute approximate surface area is 267 Å². The van der Waals surface area contributed by atoms with Crippen molar-refractivity contribution in [1.29, 1.82) is 0 Å². The molecule has 0 radical (unpaired) electrons. The predicted octanol–water partition coefficient (Wildman–Crippen LogP) is 3.71. The largest absolute Gasteiger partial charge is 0.480 e. The highest BCUT2D eigenvalue weighted by molar-refractivity contribution is 5.94. The molecule has 0 bridgehead atoms. The number of hydrogen-bond acceptors (Lipinski definition) is 5. The van der Waals surface area contributed by atoms with Gasteiger partial charge in [0.1, 0.15) is 18.1 Å². The van der Waals surface area contributed by atoms with E-state index < -0.39 is 41.9 Å². The Morgan fingerprint density at radius 1 is 0.804 bits per heavy atom. The molecule has 0 aliphatic carbocycles. The van der Waals surface area contributed by atoms with Crippen LogP contribution in [0.4, 0.5) is 4.79 Å². The molecule has 46 heavy (non-hydrogen) atoms. The maximum atomic E-state index is 13.8. The van der Waals surface area contributed by atoms with Gasteiger partial charge in [-0.25, -0.2) is 14.4 Å². The molecule has 3 aromatic rings. The normalized spacial score (nSPS) is 15.4. The van der Waals surface area contributed by atoms with Crippen molar-refractivity contribution in [2.24, 2.45) is 5.92 Å². The van der Waals surface area contributed by atoms with Crippen LogP contribution in [0.2, 0.25) is 0 Å². The van der Waals surface area contributed by atoms with Crippen LogP contribution in [0.3, 0.4) is 0 Å². The summed E-state index contributed by atoms with van der Waals surface area (Å²) in [6.45, 7) is 5.09. The van der Waals surface area contributed by atoms with E-state index in [9.17, 15) is 34.2 Å². The van der Waals surface area contributed by atoms with Gasteiger partial charge in [0.25, 0.3) is 0 Å². The minimum Gasteiger partial charge on any atom is -0.480 e. The second-order valence-electron chi connectivity index (χ2n) is 12.3. The van der Waals surface area contributed by atoms with Crippen LogP contribution < -0.4 is 16.0 Å². The van der Waals surface area contributed by atoms with Crippen molar-refractivity contribution < 1.29 is 34.2 Å². The summed E-state index contributed by atoms with van der Waals surface area (Å²) in [6, 6.07) is 9.54. The predicted molar refractivity (Wildman–Crippen MR) is 172 cm³/mol. The number of hydrogen-bond donors (Lipinski definition) is 6. The summed E-state index contributed by atoms with van der Waals surface area (Å²) in [5, 5.41) is 28.4. The average molecular weight is 634 g/mol. The Balaban J connectivity index is 1.57. The maximum absolute atomic E-state index is 13.8. The Hall–Kier alpha value is -4.87. The summed E-state index contributed by atoms with van der Waals surface area (Å²) >= 11 is 0. The van der Waals surface area contributed by atoms with E-state index in [1.807, 2.05) is 38.1 Å². The topological polar surface area (TPSA) is 181 Å². The molecule has 3 atom stereocenters. The zero-order valence-electron chi connectivity index (χ0n) is 26.3. The van der Waals surface area contributed by atoms with Crippen molar-refractivity contribution in [3.63, 3.8) is 0 Å². The number of aliphatic carboxylic acids is 1. The van der Waals surface area contributed by atoms with E-state index in [1.54, 1.807) is 17.2 Å². The van der Waals surface area contributed by atoms with Crippen molar-refractivity contribution in [3.05, 3.63) is 71.4 Å². The van der Waals surface area contributed by atoms with Crippen molar-refractivity contribution >= 4 is 40.7 Å². The molecule has 246 valence electrons. The summed E-state index contributed by atoms with van der Waals surface area (Å²) in [6.07, 6.45) is 5.85. The molecule has 0 unspecified atom stereocenters. The van der Waals surface area contributed by atoms with E-state index in [4.69, 9.17) is 0 Å². The van der Waals surface area contributed by atoms with Gasteiger partial charge >= 0.3 is 18.0 Å². The van der Waals surface area contributed by atoms with Crippen LogP contribution >= 0.6 is 0 Å². The molecule has 1 aliphatic heterocycles. The summed E-state index contributed by atoms with van der Waals surface area (Å²) in [7, 11) is 0. The molecule has 4 amide bonds. The zero-order chi connectivity index (χ0) is 33.2. The number of urea groups is 1. The Morgan fingerprint density at radius 3 is 2.15 bits per heavy atom. The molecule has 1 saturated heterocycles. The highest BCUT2D eigenvalue weighted by Gasteiger charge is 2.31. The van der Waals surface area contributed by atoms with Gasteiger partial charge in [-0.3, -0.25) is 9.59 Å². The number of nitrogens with zero attached hydrogens (tertiary/aromatic N) is 1. The lowest BCUT2D eigenvalue weighted by Gasteiger charge is -2.28. The molecule has 0 saturated carbocycles. The summed E-state index contributed by atoms with van der Waals surface area (Å²) in [5.41, 5.74) is 1.99. The Kier molecular flexibility index (Phi) is 11.8. The molecule has 0 spiro atoms. The van der Waals surface area contributed by atoms with Crippen LogP contribution in [0.5, 0.6) is 0 Å². The van der Waals surface area contributed by atoms with Crippen molar-refractivity contribution in [2.45, 2.75) is 76.9 Å². The van der Waals surface area contributed by atoms with E-state index in [1.165, 1.54) is 18.2 Å². The van der Waals surface area contributed by atoms with Crippen molar-refractivity contribution in [3.8, 4) is 0 Å². The minimum atomic E-state index is -1.40. The quantitative estimate of drug-likeness (QED) is 0.166. The van der Waals surface area contributed by atoms with Crippen molar-refractivity contribution in [2.75, 3.05) is 13.1 Å². The molecule has 1 aliphatic rings. The van der Waals surface area contributed by atoms with Gasteiger partial charge in [-0.1, -0.05) is 57.0 Å². The fraction of sp³-hybridized carbons (Fsp3) is 0.441. The Bertz CT molecular complexity index is 1540. The molecule has 2 heterocycles. The van der Waals surface area contributed by atoms with Gasteiger partial charge < -0.3 is 36.0 Å². The SMILES string of the molecule is CC(C)C[C@H](NC(=O)N1CCCCCC1)C(=O)N[C@H](Cc1c[nH]c2ccccc12)C(=O)N[C@H](Cc1cccc(C(=O)O)c1)C(=O)O. The van der Waals surface area contributed by atoms with Gasteiger partial charge in [0, 0.05) is 43.0 Å². The number of carbonyl (C=O) groups is 5. The number of rotatable bonds is 13. The number of benzene rings is 2. The van der Waals surface area contributed by atoms with Gasteiger partial charge in [-0.2, -0.15) is 0 Å².